The summed E-state index contributed by atoms with van der Waals surface area (Å²) < 4.78 is 12.3. The molecular formula is C17H13Cl3N4O4. The fraction of sp³-hybridized carbons (Fsp3) is 0.118. The van der Waals surface area contributed by atoms with Crippen LogP contribution in [0.25, 0.3) is 0 Å². The zero-order valence-corrected chi connectivity index (χ0v) is 16.6. The van der Waals surface area contributed by atoms with Gasteiger partial charge >= 0.3 is 0 Å². The number of carbonyl (C=O) groups excluding carboxylic acids is 2. The van der Waals surface area contributed by atoms with E-state index in [1.165, 1.54) is 36.1 Å². The number of rotatable bonds is 6. The number of nitrogens with two attached hydrogens (primary N) is 1. The summed E-state index contributed by atoms with van der Waals surface area (Å²) in [5, 5.41) is 7.29. The maximum atomic E-state index is 12.3. The lowest BCUT2D eigenvalue weighted by Crippen LogP contribution is -2.20. The Hall–Kier alpha value is -2.68. The number of primary amides is 1. The Labute approximate surface area is 174 Å². The molecule has 2 amide bonds. The smallest absolute Gasteiger partial charge is 0.291 e. The largest absolute Gasteiger partial charge is 0.483 e. The highest BCUT2D eigenvalue weighted by atomic mass is 35.5. The summed E-state index contributed by atoms with van der Waals surface area (Å²) in [6.45, 7) is -0.0201. The summed E-state index contributed by atoms with van der Waals surface area (Å²) in [6, 6.07) is 6.01. The summed E-state index contributed by atoms with van der Waals surface area (Å²) in [5.41, 5.74) is 5.53. The second-order valence-corrected chi connectivity index (χ2v) is 6.85. The van der Waals surface area contributed by atoms with Crippen LogP contribution in [0.5, 0.6) is 5.75 Å². The van der Waals surface area contributed by atoms with E-state index < -0.39 is 11.8 Å². The fourth-order valence-corrected chi connectivity index (χ4v) is 3.32. The second-order valence-electron chi connectivity index (χ2n) is 5.60. The average Bonchev–Trinajstić information content (AvgIpc) is 3.20. The van der Waals surface area contributed by atoms with Gasteiger partial charge in [-0.3, -0.25) is 14.3 Å². The lowest BCUT2D eigenvalue weighted by Gasteiger charge is -2.09. The molecular weight excluding hydrogens is 431 g/mol. The van der Waals surface area contributed by atoms with Crippen molar-refractivity contribution >= 4 is 52.3 Å². The van der Waals surface area contributed by atoms with E-state index in [0.717, 1.165) is 0 Å². The monoisotopic (exact) mass is 442 g/mol. The lowest BCUT2D eigenvalue weighted by atomic mass is 10.3. The summed E-state index contributed by atoms with van der Waals surface area (Å²) in [5.74, 6) is -0.693. The predicted octanol–water partition coefficient (Wildman–Crippen LogP) is 3.90. The number of halogens is 3. The third-order valence-electron chi connectivity index (χ3n) is 3.63. The minimum Gasteiger partial charge on any atom is -0.483 e. The first kappa shape index (κ1) is 20.1. The van der Waals surface area contributed by atoms with E-state index in [2.05, 4.69) is 10.4 Å². The molecule has 1 aromatic carbocycles. The minimum atomic E-state index is -0.722. The lowest BCUT2D eigenvalue weighted by molar-refractivity contribution is 0.0992. The molecule has 0 radical (unpaired) electrons. The predicted molar refractivity (Wildman–Crippen MR) is 104 cm³/mol. The van der Waals surface area contributed by atoms with E-state index >= 15 is 0 Å². The summed E-state index contributed by atoms with van der Waals surface area (Å²) in [6.07, 6.45) is 1.31. The van der Waals surface area contributed by atoms with Crippen molar-refractivity contribution in [1.29, 1.82) is 0 Å². The first-order chi connectivity index (χ1) is 13.3. The van der Waals surface area contributed by atoms with Crippen molar-refractivity contribution in [3.05, 3.63) is 62.7 Å². The highest BCUT2D eigenvalue weighted by Crippen LogP contribution is 2.36. The molecule has 0 atom stereocenters. The van der Waals surface area contributed by atoms with Crippen LogP contribution >= 0.6 is 34.8 Å². The molecule has 0 aliphatic carbocycles. The van der Waals surface area contributed by atoms with E-state index in [0.29, 0.717) is 10.8 Å². The molecule has 0 bridgehead atoms. The molecule has 2 aromatic heterocycles. The van der Waals surface area contributed by atoms with Crippen LogP contribution in [-0.4, -0.2) is 21.6 Å². The molecule has 28 heavy (non-hydrogen) atoms. The van der Waals surface area contributed by atoms with E-state index in [1.807, 2.05) is 0 Å². The maximum Gasteiger partial charge on any atom is 0.291 e. The standard InChI is InChI=1S/C17H13Cl3N4O4/c1-24-14(16(21)25)12(6-22-24)23-17(26)13-3-2-9(28-13)7-27-15-10(19)4-8(18)5-11(15)20/h2-6H,7H2,1H3,(H2,21,25)(H,23,26). The number of nitrogens with zero attached hydrogens (tertiary/aromatic N) is 2. The topological polar surface area (TPSA) is 112 Å². The number of aryl methyl sites for hydroxylation is 1. The second kappa shape index (κ2) is 8.14. The van der Waals surface area contributed by atoms with Crippen molar-refractivity contribution in [3.8, 4) is 5.75 Å². The number of amides is 2. The number of ether oxygens (including phenoxy) is 1. The van der Waals surface area contributed by atoms with Crippen LogP contribution in [-0.2, 0) is 13.7 Å². The fourth-order valence-electron chi connectivity index (χ4n) is 2.39. The van der Waals surface area contributed by atoms with Gasteiger partial charge in [0, 0.05) is 12.1 Å². The number of carbonyl (C=O) groups is 2. The highest BCUT2D eigenvalue weighted by Gasteiger charge is 2.19. The molecule has 0 saturated heterocycles. The zero-order chi connectivity index (χ0) is 20.4. The van der Waals surface area contributed by atoms with Crippen molar-refractivity contribution in [2.75, 3.05) is 5.32 Å². The normalized spacial score (nSPS) is 10.7. The number of anilines is 1. The van der Waals surface area contributed by atoms with Crippen LogP contribution in [0.2, 0.25) is 15.1 Å². The molecule has 0 fully saturated rings. The van der Waals surface area contributed by atoms with Gasteiger partial charge in [-0.1, -0.05) is 34.8 Å². The van der Waals surface area contributed by atoms with Crippen molar-refractivity contribution in [2.24, 2.45) is 12.8 Å². The Balaban J connectivity index is 1.69. The number of hydrogen-bond acceptors (Lipinski definition) is 5. The Morgan fingerprint density at radius 1 is 1.25 bits per heavy atom. The molecule has 0 aliphatic heterocycles. The molecule has 146 valence electrons. The van der Waals surface area contributed by atoms with Gasteiger partial charge in [-0.05, 0) is 24.3 Å². The van der Waals surface area contributed by atoms with Crippen molar-refractivity contribution < 1.29 is 18.7 Å². The molecule has 3 aromatic rings. The molecule has 0 spiro atoms. The molecule has 11 heteroatoms. The van der Waals surface area contributed by atoms with Gasteiger partial charge in [0.1, 0.15) is 18.1 Å². The SMILES string of the molecule is Cn1ncc(NC(=O)c2ccc(COc3c(Cl)cc(Cl)cc3Cl)o2)c1C(N)=O. The quantitative estimate of drug-likeness (QED) is 0.600. The summed E-state index contributed by atoms with van der Waals surface area (Å²) in [7, 11) is 1.53. The molecule has 3 N–H and O–H groups in total. The molecule has 0 unspecified atom stereocenters. The van der Waals surface area contributed by atoms with Gasteiger partial charge in [0.25, 0.3) is 11.8 Å². The third-order valence-corrected chi connectivity index (χ3v) is 4.41. The minimum absolute atomic E-state index is 0.00572. The number of furan rings is 1. The molecule has 2 heterocycles. The first-order valence-electron chi connectivity index (χ1n) is 7.75. The third kappa shape index (κ3) is 4.24. The van der Waals surface area contributed by atoms with Crippen molar-refractivity contribution in [1.82, 2.24) is 9.78 Å². The Bertz CT molecular complexity index is 1040. The van der Waals surface area contributed by atoms with Gasteiger partial charge in [0.2, 0.25) is 0 Å². The summed E-state index contributed by atoms with van der Waals surface area (Å²) >= 11 is 18.0. The molecule has 3 rings (SSSR count). The van der Waals surface area contributed by atoms with Crippen LogP contribution in [0.4, 0.5) is 5.69 Å². The van der Waals surface area contributed by atoms with Crippen LogP contribution in [0.15, 0.2) is 34.9 Å². The van der Waals surface area contributed by atoms with Gasteiger partial charge in [0.05, 0.1) is 21.9 Å². The average molecular weight is 444 g/mol. The highest BCUT2D eigenvalue weighted by molar-refractivity contribution is 6.40. The maximum absolute atomic E-state index is 12.3. The molecule has 8 nitrogen and oxygen atoms in total. The Kier molecular flexibility index (Phi) is 5.83. The van der Waals surface area contributed by atoms with Crippen LogP contribution in [0.1, 0.15) is 26.8 Å². The zero-order valence-electron chi connectivity index (χ0n) is 14.3. The molecule has 0 saturated carbocycles. The van der Waals surface area contributed by atoms with E-state index in [9.17, 15) is 9.59 Å². The van der Waals surface area contributed by atoms with Crippen LogP contribution in [0, 0.1) is 0 Å². The van der Waals surface area contributed by atoms with Crippen molar-refractivity contribution in [3.63, 3.8) is 0 Å². The number of hydrogen-bond donors (Lipinski definition) is 2. The first-order valence-corrected chi connectivity index (χ1v) is 8.89. The van der Waals surface area contributed by atoms with Crippen LogP contribution < -0.4 is 15.8 Å². The van der Waals surface area contributed by atoms with Gasteiger partial charge in [-0.2, -0.15) is 5.10 Å². The van der Waals surface area contributed by atoms with Crippen molar-refractivity contribution in [2.45, 2.75) is 6.61 Å². The number of nitrogens with one attached hydrogen (secondary N) is 1. The van der Waals surface area contributed by atoms with Crippen LogP contribution in [0.3, 0.4) is 0 Å². The van der Waals surface area contributed by atoms with Gasteiger partial charge in [-0.15, -0.1) is 0 Å². The van der Waals surface area contributed by atoms with E-state index in [1.54, 1.807) is 6.07 Å². The van der Waals surface area contributed by atoms with Gasteiger partial charge in [0.15, 0.2) is 11.5 Å². The molecule has 0 aliphatic rings. The summed E-state index contributed by atoms with van der Waals surface area (Å²) in [4.78, 5) is 23.8. The number of benzene rings is 1. The number of aromatic nitrogens is 2. The van der Waals surface area contributed by atoms with Gasteiger partial charge < -0.3 is 20.2 Å². The Morgan fingerprint density at radius 2 is 1.93 bits per heavy atom. The Morgan fingerprint density at radius 3 is 2.57 bits per heavy atom. The van der Waals surface area contributed by atoms with E-state index in [4.69, 9.17) is 49.7 Å². The van der Waals surface area contributed by atoms with Gasteiger partial charge in [-0.25, -0.2) is 0 Å². The van der Waals surface area contributed by atoms with E-state index in [-0.39, 0.29) is 39.5 Å².